The first-order valence-corrected chi connectivity index (χ1v) is 6.89. The van der Waals surface area contributed by atoms with Crippen molar-refractivity contribution in [2.24, 2.45) is 5.41 Å². The largest absolute Gasteiger partial charge is 0.465 e. The number of carboxylic acid groups (broad SMARTS) is 1. The smallest absolute Gasteiger partial charge is 0.407 e. The van der Waals surface area contributed by atoms with E-state index < -0.39 is 6.09 Å². The Hall–Kier alpha value is -1.91. The summed E-state index contributed by atoms with van der Waals surface area (Å²) in [4.78, 5) is 15.2. The first-order chi connectivity index (χ1) is 9.29. The van der Waals surface area contributed by atoms with Crippen molar-refractivity contribution in [3.05, 3.63) is 24.3 Å². The Kier molecular flexibility index (Phi) is 3.79. The summed E-state index contributed by atoms with van der Waals surface area (Å²) in [5.41, 5.74) is 7.45. The lowest BCUT2D eigenvalue weighted by Crippen LogP contribution is -2.59. The molecular weight excluding hydrogens is 254 g/mol. The highest BCUT2D eigenvalue weighted by Crippen LogP contribution is 2.30. The monoisotopic (exact) mass is 277 g/mol. The maximum Gasteiger partial charge on any atom is 0.407 e. The predicted octanol–water partition coefficient (Wildman–Crippen LogP) is 2.48. The second kappa shape index (κ2) is 5.23. The molecule has 1 saturated heterocycles. The molecular formula is C15H23N3O2. The molecule has 0 spiro atoms. The normalized spacial score (nSPS) is 20.1. The van der Waals surface area contributed by atoms with Crippen LogP contribution < -0.4 is 10.6 Å². The number of amides is 1. The second-order valence-electron chi connectivity index (χ2n) is 6.40. The SMILES string of the molecule is CC(C)(C)C1CN(c2ccc(N)cc2)CCN1C(=O)O. The van der Waals surface area contributed by atoms with Crippen LogP contribution in [0.25, 0.3) is 0 Å². The highest BCUT2D eigenvalue weighted by molar-refractivity contribution is 5.66. The molecule has 5 nitrogen and oxygen atoms in total. The molecule has 1 aliphatic rings. The molecule has 0 aliphatic carbocycles. The van der Waals surface area contributed by atoms with Crippen LogP contribution in [-0.4, -0.2) is 41.8 Å². The van der Waals surface area contributed by atoms with Gasteiger partial charge in [0.2, 0.25) is 0 Å². The van der Waals surface area contributed by atoms with Gasteiger partial charge >= 0.3 is 6.09 Å². The molecule has 110 valence electrons. The number of nitrogen functional groups attached to an aromatic ring is 1. The molecule has 1 heterocycles. The lowest BCUT2D eigenvalue weighted by atomic mass is 9.84. The van der Waals surface area contributed by atoms with Gasteiger partial charge in [-0.15, -0.1) is 0 Å². The third-order valence-corrected chi connectivity index (χ3v) is 3.88. The predicted molar refractivity (Wildman–Crippen MR) is 81.0 cm³/mol. The lowest BCUT2D eigenvalue weighted by Gasteiger charge is -2.46. The Bertz CT molecular complexity index is 479. The zero-order chi connectivity index (χ0) is 14.9. The zero-order valence-electron chi connectivity index (χ0n) is 12.3. The van der Waals surface area contributed by atoms with E-state index in [1.54, 1.807) is 4.90 Å². The van der Waals surface area contributed by atoms with Crippen molar-refractivity contribution in [3.63, 3.8) is 0 Å². The van der Waals surface area contributed by atoms with Crippen LogP contribution >= 0.6 is 0 Å². The Labute approximate surface area is 120 Å². The van der Waals surface area contributed by atoms with Crippen LogP contribution in [0, 0.1) is 5.41 Å². The fourth-order valence-electron chi connectivity index (χ4n) is 2.67. The molecule has 20 heavy (non-hydrogen) atoms. The number of rotatable bonds is 1. The number of nitrogens with two attached hydrogens (primary N) is 1. The fourth-order valence-corrected chi connectivity index (χ4v) is 2.67. The van der Waals surface area contributed by atoms with Crippen LogP contribution in [0.4, 0.5) is 16.2 Å². The summed E-state index contributed by atoms with van der Waals surface area (Å²) >= 11 is 0. The molecule has 0 aromatic heterocycles. The molecule has 5 heteroatoms. The number of piperazine rings is 1. The number of benzene rings is 1. The summed E-state index contributed by atoms with van der Waals surface area (Å²) in [6.07, 6.45) is -0.832. The van der Waals surface area contributed by atoms with Gasteiger partial charge in [0, 0.05) is 31.0 Å². The molecule has 1 amide bonds. The van der Waals surface area contributed by atoms with E-state index in [2.05, 4.69) is 25.7 Å². The van der Waals surface area contributed by atoms with Gasteiger partial charge in [-0.2, -0.15) is 0 Å². The summed E-state index contributed by atoms with van der Waals surface area (Å²) in [6.45, 7) is 8.20. The number of hydrogen-bond donors (Lipinski definition) is 2. The van der Waals surface area contributed by atoms with E-state index in [-0.39, 0.29) is 11.5 Å². The summed E-state index contributed by atoms with van der Waals surface area (Å²) in [5.74, 6) is 0. The summed E-state index contributed by atoms with van der Waals surface area (Å²) in [5, 5.41) is 9.36. The van der Waals surface area contributed by atoms with Crippen LogP contribution in [0.3, 0.4) is 0 Å². The average molecular weight is 277 g/mol. The summed E-state index contributed by atoms with van der Waals surface area (Å²) in [7, 11) is 0. The minimum Gasteiger partial charge on any atom is -0.465 e. The maximum atomic E-state index is 11.4. The molecule has 1 aliphatic heterocycles. The van der Waals surface area contributed by atoms with Crippen molar-refractivity contribution in [1.82, 2.24) is 4.90 Å². The quantitative estimate of drug-likeness (QED) is 0.774. The lowest BCUT2D eigenvalue weighted by molar-refractivity contribution is 0.0748. The van der Waals surface area contributed by atoms with E-state index in [0.29, 0.717) is 19.6 Å². The molecule has 0 bridgehead atoms. The minimum absolute atomic E-state index is 0.0219. The van der Waals surface area contributed by atoms with E-state index in [1.807, 2.05) is 24.3 Å². The Morgan fingerprint density at radius 2 is 1.85 bits per heavy atom. The van der Waals surface area contributed by atoms with E-state index in [9.17, 15) is 9.90 Å². The molecule has 1 fully saturated rings. The van der Waals surface area contributed by atoms with Gasteiger partial charge in [-0.05, 0) is 29.7 Å². The number of anilines is 2. The van der Waals surface area contributed by atoms with Crippen molar-refractivity contribution in [1.29, 1.82) is 0 Å². The molecule has 1 aromatic rings. The number of carbonyl (C=O) groups is 1. The third-order valence-electron chi connectivity index (χ3n) is 3.88. The zero-order valence-corrected chi connectivity index (χ0v) is 12.3. The maximum absolute atomic E-state index is 11.4. The molecule has 3 N–H and O–H groups in total. The molecule has 0 radical (unpaired) electrons. The van der Waals surface area contributed by atoms with E-state index in [1.165, 1.54) is 0 Å². The van der Waals surface area contributed by atoms with Crippen molar-refractivity contribution in [3.8, 4) is 0 Å². The van der Waals surface area contributed by atoms with Crippen molar-refractivity contribution in [2.45, 2.75) is 26.8 Å². The topological polar surface area (TPSA) is 69.8 Å². The van der Waals surface area contributed by atoms with Gasteiger partial charge in [-0.25, -0.2) is 4.79 Å². The average Bonchev–Trinajstić information content (AvgIpc) is 2.38. The number of nitrogens with zero attached hydrogens (tertiary/aromatic N) is 2. The first kappa shape index (κ1) is 14.5. The highest BCUT2D eigenvalue weighted by atomic mass is 16.4. The van der Waals surface area contributed by atoms with Crippen molar-refractivity contribution < 1.29 is 9.90 Å². The Morgan fingerprint density at radius 3 is 2.35 bits per heavy atom. The molecule has 0 saturated carbocycles. The standard InChI is InChI=1S/C15H23N3O2/c1-15(2,3)13-10-17(8-9-18(13)14(19)20)12-6-4-11(16)5-7-12/h4-7,13H,8-10,16H2,1-3H3,(H,19,20). The molecule has 1 atom stereocenters. The van der Waals surface area contributed by atoms with Crippen LogP contribution in [0.1, 0.15) is 20.8 Å². The first-order valence-electron chi connectivity index (χ1n) is 6.89. The van der Waals surface area contributed by atoms with Crippen LogP contribution in [0.5, 0.6) is 0 Å². The van der Waals surface area contributed by atoms with Gasteiger partial charge in [0.25, 0.3) is 0 Å². The van der Waals surface area contributed by atoms with E-state index >= 15 is 0 Å². The van der Waals surface area contributed by atoms with E-state index in [4.69, 9.17) is 5.73 Å². The fraction of sp³-hybridized carbons (Fsp3) is 0.533. The van der Waals surface area contributed by atoms with Crippen LogP contribution in [-0.2, 0) is 0 Å². The van der Waals surface area contributed by atoms with E-state index in [0.717, 1.165) is 11.4 Å². The van der Waals surface area contributed by atoms with Gasteiger partial charge in [-0.1, -0.05) is 20.8 Å². The van der Waals surface area contributed by atoms with Gasteiger partial charge in [-0.3, -0.25) is 0 Å². The Balaban J connectivity index is 2.20. The second-order valence-corrected chi connectivity index (χ2v) is 6.40. The summed E-state index contributed by atoms with van der Waals surface area (Å²) < 4.78 is 0. The minimum atomic E-state index is -0.832. The number of hydrogen-bond acceptors (Lipinski definition) is 3. The van der Waals surface area contributed by atoms with Gasteiger partial charge in [0.05, 0.1) is 6.04 Å². The molecule has 2 rings (SSSR count). The third kappa shape index (κ3) is 2.98. The Morgan fingerprint density at radius 1 is 1.25 bits per heavy atom. The van der Waals surface area contributed by atoms with Crippen LogP contribution in [0.15, 0.2) is 24.3 Å². The van der Waals surface area contributed by atoms with Gasteiger partial charge in [0.1, 0.15) is 0 Å². The van der Waals surface area contributed by atoms with Crippen molar-refractivity contribution >= 4 is 17.5 Å². The van der Waals surface area contributed by atoms with Gasteiger partial charge in [0.15, 0.2) is 0 Å². The molecule has 1 aromatic carbocycles. The highest BCUT2D eigenvalue weighted by Gasteiger charge is 2.37. The van der Waals surface area contributed by atoms with Crippen molar-refractivity contribution in [2.75, 3.05) is 30.3 Å². The summed E-state index contributed by atoms with van der Waals surface area (Å²) in [6, 6.07) is 7.72. The molecule has 1 unspecified atom stereocenters. The van der Waals surface area contributed by atoms with Gasteiger partial charge < -0.3 is 20.6 Å². The van der Waals surface area contributed by atoms with Crippen LogP contribution in [0.2, 0.25) is 0 Å².